The molecule has 1 N–H and O–H groups in total. The lowest BCUT2D eigenvalue weighted by atomic mass is 10.1. The summed E-state index contributed by atoms with van der Waals surface area (Å²) in [5.41, 5.74) is 2.17. The fraction of sp³-hybridized carbons (Fsp3) is 0.357. The molecule has 0 radical (unpaired) electrons. The van der Waals surface area contributed by atoms with Gasteiger partial charge < -0.3 is 9.30 Å². The highest BCUT2D eigenvalue weighted by Crippen LogP contribution is 2.24. The number of halogens is 2. The zero-order chi connectivity index (χ0) is 13.3. The van der Waals surface area contributed by atoms with Crippen LogP contribution in [0.25, 0.3) is 10.9 Å². The molecule has 0 fully saturated rings. The van der Waals surface area contributed by atoms with Crippen LogP contribution in [0.4, 0.5) is 0 Å². The molecule has 0 atom stereocenters. The molecule has 19 heavy (non-hydrogen) atoms. The first-order valence-corrected chi connectivity index (χ1v) is 6.32. The number of hydrogen-bond acceptors (Lipinski definition) is 2. The minimum atomic E-state index is 0. The SMILES string of the molecule is CC(C)OC(=N)Cc1cn(C)c2cc(Cl)ccc12.Cl. The molecule has 0 aliphatic rings. The minimum absolute atomic E-state index is 0. The highest BCUT2D eigenvalue weighted by molar-refractivity contribution is 6.31. The molecule has 0 amide bonds. The van der Waals surface area contributed by atoms with Crippen LogP contribution in [0.1, 0.15) is 19.4 Å². The molecule has 2 aromatic rings. The lowest BCUT2D eigenvalue weighted by Crippen LogP contribution is -2.12. The van der Waals surface area contributed by atoms with Crippen LogP contribution in [0.5, 0.6) is 0 Å². The lowest BCUT2D eigenvalue weighted by Gasteiger charge is -2.09. The maximum atomic E-state index is 7.83. The van der Waals surface area contributed by atoms with Crippen LogP contribution in [0.3, 0.4) is 0 Å². The summed E-state index contributed by atoms with van der Waals surface area (Å²) >= 11 is 5.99. The summed E-state index contributed by atoms with van der Waals surface area (Å²) in [6.07, 6.45) is 2.58. The van der Waals surface area contributed by atoms with Crippen molar-refractivity contribution in [3.05, 3.63) is 35.0 Å². The van der Waals surface area contributed by atoms with E-state index in [9.17, 15) is 0 Å². The van der Waals surface area contributed by atoms with E-state index in [-0.39, 0.29) is 18.5 Å². The van der Waals surface area contributed by atoms with Gasteiger partial charge in [-0.25, -0.2) is 0 Å². The Hall–Kier alpha value is -1.19. The van der Waals surface area contributed by atoms with Gasteiger partial charge in [0.1, 0.15) is 0 Å². The van der Waals surface area contributed by atoms with Crippen molar-refractivity contribution in [3.63, 3.8) is 0 Å². The molecule has 1 aromatic carbocycles. The number of hydrogen-bond donors (Lipinski definition) is 1. The zero-order valence-corrected chi connectivity index (χ0v) is 12.8. The van der Waals surface area contributed by atoms with Crippen molar-refractivity contribution in [3.8, 4) is 0 Å². The van der Waals surface area contributed by atoms with Gasteiger partial charge in [-0.3, -0.25) is 5.41 Å². The van der Waals surface area contributed by atoms with Gasteiger partial charge in [0.2, 0.25) is 0 Å². The van der Waals surface area contributed by atoms with Crippen molar-refractivity contribution in [2.75, 3.05) is 0 Å². The third-order valence-corrected chi connectivity index (χ3v) is 3.00. The molecule has 5 heteroatoms. The van der Waals surface area contributed by atoms with Crippen LogP contribution in [0.15, 0.2) is 24.4 Å². The molecule has 2 rings (SSSR count). The maximum Gasteiger partial charge on any atom is 0.185 e. The van der Waals surface area contributed by atoms with Gasteiger partial charge in [-0.2, -0.15) is 0 Å². The van der Waals surface area contributed by atoms with E-state index >= 15 is 0 Å². The largest absolute Gasteiger partial charge is 0.478 e. The van der Waals surface area contributed by atoms with Gasteiger partial charge in [0.05, 0.1) is 12.5 Å². The highest BCUT2D eigenvalue weighted by Gasteiger charge is 2.10. The van der Waals surface area contributed by atoms with Gasteiger partial charge >= 0.3 is 0 Å². The van der Waals surface area contributed by atoms with Gasteiger partial charge in [-0.1, -0.05) is 17.7 Å². The number of nitrogens with one attached hydrogen (secondary N) is 1. The van der Waals surface area contributed by atoms with Gasteiger partial charge in [-0.05, 0) is 31.5 Å². The molecule has 0 aliphatic heterocycles. The van der Waals surface area contributed by atoms with E-state index in [2.05, 4.69) is 0 Å². The van der Waals surface area contributed by atoms with Gasteiger partial charge in [0.25, 0.3) is 0 Å². The molecule has 0 bridgehead atoms. The highest BCUT2D eigenvalue weighted by atomic mass is 35.5. The van der Waals surface area contributed by atoms with Crippen LogP contribution in [0, 0.1) is 5.41 Å². The number of fused-ring (bicyclic) bond motifs is 1. The van der Waals surface area contributed by atoms with Crippen LogP contribution in [0.2, 0.25) is 5.02 Å². The number of nitrogens with zero attached hydrogens (tertiary/aromatic N) is 1. The monoisotopic (exact) mass is 300 g/mol. The average Bonchev–Trinajstić information content (AvgIpc) is 2.54. The van der Waals surface area contributed by atoms with E-state index in [1.807, 2.05) is 49.9 Å². The van der Waals surface area contributed by atoms with Crippen molar-refractivity contribution in [1.82, 2.24) is 4.57 Å². The van der Waals surface area contributed by atoms with E-state index in [1.54, 1.807) is 0 Å². The quantitative estimate of drug-likeness (QED) is 0.669. The number of aryl methyl sites for hydroxylation is 1. The van der Waals surface area contributed by atoms with Crippen LogP contribution >= 0.6 is 24.0 Å². The van der Waals surface area contributed by atoms with E-state index in [4.69, 9.17) is 21.7 Å². The Labute approximate surface area is 124 Å². The zero-order valence-electron chi connectivity index (χ0n) is 11.2. The van der Waals surface area contributed by atoms with Crippen molar-refractivity contribution in [2.24, 2.45) is 7.05 Å². The number of benzene rings is 1. The Bertz CT molecular complexity index is 590. The predicted molar refractivity (Wildman–Crippen MR) is 82.8 cm³/mol. The van der Waals surface area contributed by atoms with Crippen LogP contribution in [-0.2, 0) is 18.2 Å². The second-order valence-electron chi connectivity index (χ2n) is 4.69. The number of rotatable bonds is 3. The Kier molecular flexibility index (Phi) is 5.27. The smallest absolute Gasteiger partial charge is 0.185 e. The summed E-state index contributed by atoms with van der Waals surface area (Å²) in [5, 5.41) is 9.68. The first-order valence-electron chi connectivity index (χ1n) is 5.95. The van der Waals surface area contributed by atoms with E-state index in [0.29, 0.717) is 12.3 Å². The Morgan fingerprint density at radius 2 is 2.11 bits per heavy atom. The molecule has 0 saturated heterocycles. The molecular weight excluding hydrogens is 283 g/mol. The molecule has 0 aliphatic carbocycles. The summed E-state index contributed by atoms with van der Waals surface area (Å²) in [5.74, 6) is 0.299. The minimum Gasteiger partial charge on any atom is -0.478 e. The topological polar surface area (TPSA) is 38.0 Å². The first kappa shape index (κ1) is 15.9. The summed E-state index contributed by atoms with van der Waals surface area (Å²) in [4.78, 5) is 0. The Morgan fingerprint density at radius 3 is 2.74 bits per heavy atom. The van der Waals surface area contributed by atoms with Crippen LogP contribution < -0.4 is 0 Å². The number of ether oxygens (including phenoxy) is 1. The molecule has 104 valence electrons. The van der Waals surface area contributed by atoms with E-state index < -0.39 is 0 Å². The standard InChI is InChI=1S/C14H17ClN2O.ClH/c1-9(2)18-14(16)6-10-8-17(3)13-7-11(15)4-5-12(10)13;/h4-5,7-9,16H,6H2,1-3H3;1H. The first-order chi connectivity index (χ1) is 8.47. The van der Waals surface area contributed by atoms with Gasteiger partial charge in [-0.15, -0.1) is 12.4 Å². The molecule has 1 heterocycles. The van der Waals surface area contributed by atoms with E-state index in [1.165, 1.54) is 0 Å². The second kappa shape index (κ2) is 6.31. The van der Waals surface area contributed by atoms with Gasteiger partial charge in [0, 0.05) is 29.2 Å². The normalized spacial score (nSPS) is 10.6. The van der Waals surface area contributed by atoms with E-state index in [0.717, 1.165) is 21.5 Å². The predicted octanol–water partition coefficient (Wildman–Crippen LogP) is 4.20. The molecule has 1 aromatic heterocycles. The van der Waals surface area contributed by atoms with Crippen molar-refractivity contribution < 1.29 is 4.74 Å². The Morgan fingerprint density at radius 1 is 1.42 bits per heavy atom. The molecule has 0 unspecified atom stereocenters. The molecular formula is C14H18Cl2N2O. The second-order valence-corrected chi connectivity index (χ2v) is 5.13. The average molecular weight is 301 g/mol. The van der Waals surface area contributed by atoms with Crippen molar-refractivity contribution >= 4 is 40.8 Å². The summed E-state index contributed by atoms with van der Waals surface area (Å²) in [7, 11) is 1.98. The molecule has 3 nitrogen and oxygen atoms in total. The summed E-state index contributed by atoms with van der Waals surface area (Å²) < 4.78 is 7.41. The van der Waals surface area contributed by atoms with Gasteiger partial charge in [0.15, 0.2) is 5.90 Å². The molecule has 0 saturated carbocycles. The molecule has 0 spiro atoms. The van der Waals surface area contributed by atoms with Crippen LogP contribution in [-0.4, -0.2) is 16.6 Å². The number of aromatic nitrogens is 1. The van der Waals surface area contributed by atoms with Crippen molar-refractivity contribution in [2.45, 2.75) is 26.4 Å². The van der Waals surface area contributed by atoms with Crippen molar-refractivity contribution in [1.29, 1.82) is 5.41 Å². The fourth-order valence-corrected chi connectivity index (χ4v) is 2.25. The maximum absolute atomic E-state index is 7.83. The third-order valence-electron chi connectivity index (χ3n) is 2.76. The Balaban J connectivity index is 0.00000180. The summed E-state index contributed by atoms with van der Waals surface area (Å²) in [6, 6.07) is 5.81. The third kappa shape index (κ3) is 3.64. The fourth-order valence-electron chi connectivity index (χ4n) is 2.08. The lowest BCUT2D eigenvalue weighted by molar-refractivity contribution is 0.221. The summed E-state index contributed by atoms with van der Waals surface area (Å²) in [6.45, 7) is 3.86.